The Morgan fingerprint density at radius 2 is 1.88 bits per heavy atom. The van der Waals surface area contributed by atoms with E-state index in [1.807, 2.05) is 12.1 Å². The highest BCUT2D eigenvalue weighted by Crippen LogP contribution is 2.18. The van der Waals surface area contributed by atoms with E-state index in [2.05, 4.69) is 4.74 Å². The molecule has 1 rings (SSSR count). The monoisotopic (exact) mass is 222 g/mol. The third-order valence-corrected chi connectivity index (χ3v) is 2.15. The van der Waals surface area contributed by atoms with Crippen LogP contribution in [-0.2, 0) is 20.7 Å². The number of ether oxygens (including phenoxy) is 2. The Kier molecular flexibility index (Phi) is 4.51. The van der Waals surface area contributed by atoms with E-state index in [9.17, 15) is 9.59 Å². The quantitative estimate of drug-likeness (QED) is 0.557. The van der Waals surface area contributed by atoms with Crippen molar-refractivity contribution in [2.75, 3.05) is 14.2 Å². The number of carbonyl (C=O) groups is 2. The number of esters is 1. The number of carbonyl (C=O) groups excluding carboxylic acids is 2. The number of ketones is 1. The predicted octanol–water partition coefficient (Wildman–Crippen LogP) is 1.37. The zero-order chi connectivity index (χ0) is 12.0. The van der Waals surface area contributed by atoms with Gasteiger partial charge in [-0.05, 0) is 6.07 Å². The summed E-state index contributed by atoms with van der Waals surface area (Å²) in [6.45, 7) is 0. The fraction of sp³-hybridized carbons (Fsp3) is 0.333. The van der Waals surface area contributed by atoms with Crippen LogP contribution in [-0.4, -0.2) is 26.0 Å². The molecule has 0 radical (unpaired) electrons. The molecule has 0 heterocycles. The first-order chi connectivity index (χ1) is 7.67. The molecule has 4 heteroatoms. The average Bonchev–Trinajstić information content (AvgIpc) is 2.29. The number of methoxy groups -OCH3 is 2. The van der Waals surface area contributed by atoms with E-state index in [1.165, 1.54) is 7.11 Å². The van der Waals surface area contributed by atoms with E-state index in [0.29, 0.717) is 5.75 Å². The smallest absolute Gasteiger partial charge is 0.313 e. The summed E-state index contributed by atoms with van der Waals surface area (Å²) in [5, 5.41) is 0. The average molecular weight is 222 g/mol. The Bertz CT molecular complexity index is 384. The highest BCUT2D eigenvalue weighted by molar-refractivity contribution is 5.96. The van der Waals surface area contributed by atoms with Crippen LogP contribution in [0.15, 0.2) is 24.3 Å². The van der Waals surface area contributed by atoms with Gasteiger partial charge in [0.25, 0.3) is 0 Å². The van der Waals surface area contributed by atoms with Crippen LogP contribution in [0.4, 0.5) is 0 Å². The molecule has 0 unspecified atom stereocenters. The molecule has 1 aromatic carbocycles. The van der Waals surface area contributed by atoms with Gasteiger partial charge in [-0.15, -0.1) is 0 Å². The van der Waals surface area contributed by atoms with Gasteiger partial charge in [-0.1, -0.05) is 18.2 Å². The van der Waals surface area contributed by atoms with E-state index < -0.39 is 5.97 Å². The molecule has 86 valence electrons. The molecular weight excluding hydrogens is 208 g/mol. The van der Waals surface area contributed by atoms with Crippen LogP contribution in [0, 0.1) is 0 Å². The molecule has 4 nitrogen and oxygen atoms in total. The van der Waals surface area contributed by atoms with Crippen molar-refractivity contribution in [1.82, 2.24) is 0 Å². The molecule has 0 bridgehead atoms. The lowest BCUT2D eigenvalue weighted by molar-refractivity contribution is -0.143. The van der Waals surface area contributed by atoms with Gasteiger partial charge in [-0.25, -0.2) is 0 Å². The molecule has 0 atom stereocenters. The molecule has 0 aliphatic rings. The number of hydrogen-bond acceptors (Lipinski definition) is 4. The van der Waals surface area contributed by atoms with E-state index in [4.69, 9.17) is 4.74 Å². The largest absolute Gasteiger partial charge is 0.496 e. The zero-order valence-corrected chi connectivity index (χ0v) is 9.36. The molecule has 0 N–H and O–H groups in total. The van der Waals surface area contributed by atoms with Crippen molar-refractivity contribution in [2.24, 2.45) is 0 Å². The third-order valence-electron chi connectivity index (χ3n) is 2.15. The number of benzene rings is 1. The minimum absolute atomic E-state index is 0.180. The van der Waals surface area contributed by atoms with Crippen LogP contribution in [0.25, 0.3) is 0 Å². The molecule has 1 aromatic rings. The van der Waals surface area contributed by atoms with Crippen molar-refractivity contribution in [3.05, 3.63) is 29.8 Å². The predicted molar refractivity (Wildman–Crippen MR) is 58.3 cm³/mol. The van der Waals surface area contributed by atoms with Gasteiger partial charge in [0.05, 0.1) is 14.2 Å². The minimum Gasteiger partial charge on any atom is -0.496 e. The summed E-state index contributed by atoms with van der Waals surface area (Å²) >= 11 is 0. The van der Waals surface area contributed by atoms with Crippen molar-refractivity contribution in [2.45, 2.75) is 12.8 Å². The van der Waals surface area contributed by atoms with Crippen molar-refractivity contribution >= 4 is 11.8 Å². The molecule has 16 heavy (non-hydrogen) atoms. The molecule has 0 saturated carbocycles. The summed E-state index contributed by atoms with van der Waals surface area (Å²) < 4.78 is 9.53. The molecular formula is C12H14O4. The van der Waals surface area contributed by atoms with Crippen molar-refractivity contribution < 1.29 is 19.1 Å². The van der Waals surface area contributed by atoms with E-state index in [1.54, 1.807) is 19.2 Å². The van der Waals surface area contributed by atoms with Gasteiger partial charge >= 0.3 is 5.97 Å². The lowest BCUT2D eigenvalue weighted by Crippen LogP contribution is -2.11. The van der Waals surface area contributed by atoms with Gasteiger partial charge in [0.15, 0.2) is 0 Å². The molecule has 0 fully saturated rings. The third kappa shape index (κ3) is 3.38. The molecule has 0 saturated heterocycles. The first kappa shape index (κ1) is 12.2. The molecule has 0 aliphatic carbocycles. The standard InChI is InChI=1S/C12H14O4/c1-15-11-6-4-3-5-9(11)7-10(13)8-12(14)16-2/h3-6H,7-8H2,1-2H3. The second kappa shape index (κ2) is 5.90. The van der Waals surface area contributed by atoms with Crippen molar-refractivity contribution in [1.29, 1.82) is 0 Å². The maximum absolute atomic E-state index is 11.5. The van der Waals surface area contributed by atoms with Gasteiger partial charge in [0, 0.05) is 12.0 Å². The van der Waals surface area contributed by atoms with Crippen LogP contribution in [0.3, 0.4) is 0 Å². The molecule has 0 amide bonds. The van der Waals surface area contributed by atoms with E-state index in [0.717, 1.165) is 5.56 Å². The van der Waals surface area contributed by atoms with Crippen molar-refractivity contribution in [3.63, 3.8) is 0 Å². The van der Waals surface area contributed by atoms with Crippen LogP contribution in [0.2, 0.25) is 0 Å². The van der Waals surface area contributed by atoms with Crippen LogP contribution in [0.5, 0.6) is 5.75 Å². The second-order valence-corrected chi connectivity index (χ2v) is 3.28. The normalized spacial score (nSPS) is 9.62. The Labute approximate surface area is 94.2 Å². The Balaban J connectivity index is 2.65. The highest BCUT2D eigenvalue weighted by Gasteiger charge is 2.12. The zero-order valence-electron chi connectivity index (χ0n) is 9.36. The topological polar surface area (TPSA) is 52.6 Å². The lowest BCUT2D eigenvalue weighted by Gasteiger charge is -2.06. The fourth-order valence-electron chi connectivity index (χ4n) is 1.36. The van der Waals surface area contributed by atoms with Gasteiger partial charge in [0.2, 0.25) is 0 Å². The van der Waals surface area contributed by atoms with Crippen molar-refractivity contribution in [3.8, 4) is 5.75 Å². The van der Waals surface area contributed by atoms with Crippen LogP contribution < -0.4 is 4.74 Å². The van der Waals surface area contributed by atoms with Gasteiger partial charge in [0.1, 0.15) is 18.0 Å². The first-order valence-electron chi connectivity index (χ1n) is 4.87. The number of hydrogen-bond donors (Lipinski definition) is 0. The van der Waals surface area contributed by atoms with Gasteiger partial charge in [-0.3, -0.25) is 9.59 Å². The molecule has 0 aliphatic heterocycles. The first-order valence-corrected chi connectivity index (χ1v) is 4.87. The van der Waals surface area contributed by atoms with Gasteiger partial charge in [-0.2, -0.15) is 0 Å². The summed E-state index contributed by atoms with van der Waals surface area (Å²) in [6, 6.07) is 7.23. The van der Waals surface area contributed by atoms with E-state index >= 15 is 0 Å². The maximum Gasteiger partial charge on any atom is 0.313 e. The highest BCUT2D eigenvalue weighted by atomic mass is 16.5. The number of para-hydroxylation sites is 1. The summed E-state index contributed by atoms with van der Waals surface area (Å²) in [5.74, 6) is -0.0445. The summed E-state index contributed by atoms with van der Waals surface area (Å²) in [6.07, 6.45) is -0.0202. The Morgan fingerprint density at radius 3 is 2.50 bits per heavy atom. The summed E-state index contributed by atoms with van der Waals surface area (Å²) in [5.41, 5.74) is 0.777. The molecule has 0 spiro atoms. The minimum atomic E-state index is -0.514. The Hall–Kier alpha value is -1.84. The van der Waals surface area contributed by atoms with E-state index in [-0.39, 0.29) is 18.6 Å². The van der Waals surface area contributed by atoms with Gasteiger partial charge < -0.3 is 9.47 Å². The maximum atomic E-state index is 11.5. The second-order valence-electron chi connectivity index (χ2n) is 3.28. The SMILES string of the molecule is COC(=O)CC(=O)Cc1ccccc1OC. The lowest BCUT2D eigenvalue weighted by atomic mass is 10.1. The fourth-order valence-corrected chi connectivity index (χ4v) is 1.36. The summed E-state index contributed by atoms with van der Waals surface area (Å²) in [7, 11) is 2.81. The Morgan fingerprint density at radius 1 is 1.19 bits per heavy atom. The number of Topliss-reactive ketones (excluding diaryl/α,β-unsaturated/α-hetero) is 1. The molecule has 0 aromatic heterocycles. The van der Waals surface area contributed by atoms with Crippen LogP contribution in [0.1, 0.15) is 12.0 Å². The van der Waals surface area contributed by atoms with Crippen LogP contribution >= 0.6 is 0 Å². The summed E-state index contributed by atoms with van der Waals surface area (Å²) in [4.78, 5) is 22.4. The number of rotatable bonds is 5.